The molecule has 0 spiro atoms. The van der Waals surface area contributed by atoms with Gasteiger partial charge in [0.1, 0.15) is 18.0 Å². The van der Waals surface area contributed by atoms with Crippen molar-refractivity contribution in [3.8, 4) is 16.9 Å². The van der Waals surface area contributed by atoms with Gasteiger partial charge in [-0.05, 0) is 75.9 Å². The maximum absolute atomic E-state index is 14.2. The van der Waals surface area contributed by atoms with E-state index in [0.717, 1.165) is 100 Å². The van der Waals surface area contributed by atoms with Crippen LogP contribution in [0.1, 0.15) is 105 Å². The van der Waals surface area contributed by atoms with Crippen molar-refractivity contribution in [1.82, 2.24) is 34.8 Å². The number of hydrogen-bond donors (Lipinski definition) is 3. The van der Waals surface area contributed by atoms with Crippen LogP contribution in [0.2, 0.25) is 10.0 Å². The Kier molecular flexibility index (Phi) is 13.8. The molecule has 4 aromatic rings. The lowest BCUT2D eigenvalue weighted by atomic mass is 9.98. The van der Waals surface area contributed by atoms with Gasteiger partial charge in [0, 0.05) is 109 Å². The summed E-state index contributed by atoms with van der Waals surface area (Å²) in [6.07, 6.45) is 13.4. The number of halogens is 3. The second-order valence-corrected chi connectivity index (χ2v) is 18.0. The van der Waals surface area contributed by atoms with Crippen molar-refractivity contribution in [2.75, 3.05) is 50.3 Å². The van der Waals surface area contributed by atoms with Gasteiger partial charge in [-0.15, -0.1) is 0 Å². The first-order chi connectivity index (χ1) is 30.4. The fraction of sp³-hybridized carbons (Fsp3) is 0.478. The molecule has 4 N–H and O–H groups in total. The molecule has 3 fully saturated rings. The Balaban J connectivity index is 0.687. The monoisotopic (exact) mass is 901 g/mol. The average Bonchev–Trinajstić information content (AvgIpc) is 3.88. The van der Waals surface area contributed by atoms with Crippen molar-refractivity contribution in [2.24, 2.45) is 5.92 Å². The largest absolute Gasteiger partial charge is 0.482 e. The molecule has 2 aromatic heterocycles. The van der Waals surface area contributed by atoms with Crippen LogP contribution in [0.5, 0.6) is 5.75 Å². The number of amides is 4. The zero-order chi connectivity index (χ0) is 44.2. The minimum atomic E-state index is -0.671. The highest BCUT2D eigenvalue weighted by Crippen LogP contribution is 2.38. The molecule has 8 rings (SSSR count). The van der Waals surface area contributed by atoms with E-state index in [9.17, 15) is 23.6 Å². The second-order valence-electron chi connectivity index (χ2n) is 17.2. The van der Waals surface area contributed by atoms with Gasteiger partial charge in [0.2, 0.25) is 17.7 Å². The van der Waals surface area contributed by atoms with Crippen LogP contribution in [0.15, 0.2) is 55.0 Å². The van der Waals surface area contributed by atoms with E-state index in [1.54, 1.807) is 30.2 Å². The fourth-order valence-corrected chi connectivity index (χ4v) is 9.85. The molecule has 4 amide bonds. The molecule has 1 unspecified atom stereocenters. The van der Waals surface area contributed by atoms with Gasteiger partial charge in [0.15, 0.2) is 11.6 Å². The zero-order valence-corrected chi connectivity index (χ0v) is 37.0. The van der Waals surface area contributed by atoms with E-state index >= 15 is 0 Å². The van der Waals surface area contributed by atoms with E-state index in [1.807, 2.05) is 34.1 Å². The van der Waals surface area contributed by atoms with Crippen LogP contribution in [0.3, 0.4) is 0 Å². The van der Waals surface area contributed by atoms with E-state index < -0.39 is 23.9 Å². The van der Waals surface area contributed by atoms with Gasteiger partial charge in [-0.1, -0.05) is 48.5 Å². The number of aromatic nitrogens is 3. The summed E-state index contributed by atoms with van der Waals surface area (Å²) in [6, 6.07) is 9.71. The summed E-state index contributed by atoms with van der Waals surface area (Å²) in [5, 5.41) is 10.7. The zero-order valence-electron chi connectivity index (χ0n) is 35.5. The number of nitrogen functional groups attached to an aromatic ring is 1. The standard InChI is InChI=1S/C46H54Cl2FN9O5/c1-28(42-35(47)11-12-36(49)43(42)48)63-39-20-30(22-52-44(39)50)31-23-53-58(26-31)32-15-18-55(19-16-32)17-6-4-2-3-5-10-41(60)56-24-29(25-56)21-51-37-9-7-8-33-34(37)27-57(46(33)62)38-13-14-40(59)54-45(38)61/h7-9,11-12,20,22-23,26,28-29,32,38,51H,2-6,10,13-19,21,24-25,27H2,1H3,(H2,50,52)(H,54,59,61)/t28-,38?/m0/s1. The van der Waals surface area contributed by atoms with E-state index in [4.69, 9.17) is 33.7 Å². The van der Waals surface area contributed by atoms with Crippen LogP contribution in [0.25, 0.3) is 11.1 Å². The maximum atomic E-state index is 14.2. The number of fused-ring (bicyclic) bond motifs is 1. The third kappa shape index (κ3) is 10.1. The number of nitrogens with two attached hydrogens (primary N) is 1. The minimum Gasteiger partial charge on any atom is -0.482 e. The summed E-state index contributed by atoms with van der Waals surface area (Å²) >= 11 is 12.5. The quantitative estimate of drug-likeness (QED) is 0.0551. The van der Waals surface area contributed by atoms with Gasteiger partial charge in [-0.3, -0.25) is 29.2 Å². The van der Waals surface area contributed by atoms with Crippen molar-refractivity contribution >= 4 is 58.3 Å². The van der Waals surface area contributed by atoms with Crippen LogP contribution in [-0.4, -0.2) is 98.4 Å². The number of pyridine rings is 1. The number of unbranched alkanes of at least 4 members (excludes halogenated alkanes) is 4. The fourth-order valence-electron chi connectivity index (χ4n) is 9.17. The number of imide groups is 1. The van der Waals surface area contributed by atoms with Crippen molar-refractivity contribution in [1.29, 1.82) is 0 Å². The molecule has 4 aliphatic rings. The van der Waals surface area contributed by atoms with Crippen molar-refractivity contribution in [2.45, 2.75) is 95.9 Å². The molecule has 2 aromatic carbocycles. The third-order valence-electron chi connectivity index (χ3n) is 12.9. The lowest BCUT2D eigenvalue weighted by molar-refractivity contribution is -0.138. The summed E-state index contributed by atoms with van der Waals surface area (Å²) < 4.78 is 22.3. The molecule has 0 bridgehead atoms. The summed E-state index contributed by atoms with van der Waals surface area (Å²) in [5.74, 6) is -0.378. The molecule has 17 heteroatoms. The van der Waals surface area contributed by atoms with Crippen molar-refractivity contribution in [3.63, 3.8) is 0 Å². The molecule has 63 heavy (non-hydrogen) atoms. The highest BCUT2D eigenvalue weighted by atomic mass is 35.5. The number of carbonyl (C=O) groups excluding carboxylic acids is 4. The predicted octanol–water partition coefficient (Wildman–Crippen LogP) is 7.42. The van der Waals surface area contributed by atoms with Crippen molar-refractivity contribution in [3.05, 3.63) is 87.5 Å². The molecular formula is C46H54Cl2FN9O5. The van der Waals surface area contributed by atoms with E-state index in [2.05, 4.69) is 25.6 Å². The van der Waals surface area contributed by atoms with E-state index in [0.29, 0.717) is 59.8 Å². The number of rotatable bonds is 17. The molecular weight excluding hydrogens is 848 g/mol. The van der Waals surface area contributed by atoms with Crippen molar-refractivity contribution < 1.29 is 28.3 Å². The Labute approximate surface area is 376 Å². The minimum absolute atomic E-state index is 0.0881. The van der Waals surface area contributed by atoms with Crippen LogP contribution in [0.4, 0.5) is 15.9 Å². The first kappa shape index (κ1) is 44.4. The Morgan fingerprint density at radius 3 is 2.59 bits per heavy atom. The highest BCUT2D eigenvalue weighted by Gasteiger charge is 2.40. The molecule has 0 radical (unpaired) electrons. The van der Waals surface area contributed by atoms with Gasteiger partial charge >= 0.3 is 0 Å². The van der Waals surface area contributed by atoms with Gasteiger partial charge in [-0.2, -0.15) is 5.10 Å². The Morgan fingerprint density at radius 2 is 1.79 bits per heavy atom. The summed E-state index contributed by atoms with van der Waals surface area (Å²) in [7, 11) is 0. The molecule has 4 aliphatic heterocycles. The average molecular weight is 903 g/mol. The third-order valence-corrected chi connectivity index (χ3v) is 13.6. The van der Waals surface area contributed by atoms with Gasteiger partial charge in [0.05, 0.1) is 17.3 Å². The van der Waals surface area contributed by atoms with Crippen LogP contribution in [-0.2, 0) is 20.9 Å². The van der Waals surface area contributed by atoms with Crippen LogP contribution in [0, 0.1) is 11.7 Å². The number of piperidine rings is 2. The number of carbonyl (C=O) groups is 4. The normalized spacial score (nSPS) is 18.9. The second kappa shape index (κ2) is 19.6. The number of benzene rings is 2. The van der Waals surface area contributed by atoms with Gasteiger partial charge in [0.25, 0.3) is 5.91 Å². The molecule has 6 heterocycles. The highest BCUT2D eigenvalue weighted by molar-refractivity contribution is 6.36. The summed E-state index contributed by atoms with van der Waals surface area (Å²) in [4.78, 5) is 60.4. The van der Waals surface area contributed by atoms with Crippen LogP contribution < -0.4 is 21.1 Å². The summed E-state index contributed by atoms with van der Waals surface area (Å²) in [6.45, 7) is 7.31. The number of hydrogen-bond acceptors (Lipinski definition) is 10. The van der Waals surface area contributed by atoms with Crippen LogP contribution >= 0.6 is 23.2 Å². The maximum Gasteiger partial charge on any atom is 0.255 e. The Bertz CT molecular complexity index is 2350. The topological polar surface area (TPSA) is 168 Å². The smallest absolute Gasteiger partial charge is 0.255 e. The SMILES string of the molecule is C[C@H](Oc1cc(-c2cnn(C3CCN(CCCCCCCC(=O)N4CC(CNc5cccc6c5CN(C5CCC(=O)NC5=O)C6=O)C4)CC3)c2)cnc1N)c1c(Cl)ccc(F)c1Cl. The van der Waals surface area contributed by atoms with E-state index in [-0.39, 0.29) is 35.0 Å². The molecule has 2 atom stereocenters. The first-order valence-electron chi connectivity index (χ1n) is 22.0. The Morgan fingerprint density at radius 1 is 1.02 bits per heavy atom. The number of ether oxygens (including phenoxy) is 1. The van der Waals surface area contributed by atoms with Gasteiger partial charge in [-0.25, -0.2) is 9.37 Å². The number of anilines is 2. The molecule has 0 aliphatic carbocycles. The number of nitrogens with one attached hydrogen (secondary N) is 2. The van der Waals surface area contributed by atoms with Gasteiger partial charge < -0.3 is 30.5 Å². The molecule has 3 saturated heterocycles. The lowest BCUT2D eigenvalue weighted by Crippen LogP contribution is -2.52. The van der Waals surface area contributed by atoms with E-state index in [1.165, 1.54) is 12.1 Å². The Hall–Kier alpha value is -5.25. The lowest BCUT2D eigenvalue weighted by Gasteiger charge is -2.39. The number of likely N-dealkylation sites (tertiary alicyclic amines) is 2. The first-order valence-corrected chi connectivity index (χ1v) is 22.8. The molecule has 14 nitrogen and oxygen atoms in total. The summed E-state index contributed by atoms with van der Waals surface area (Å²) in [5.41, 5.74) is 10.5. The molecule has 334 valence electrons. The predicted molar refractivity (Wildman–Crippen MR) is 239 cm³/mol. The molecule has 0 saturated carbocycles. The number of nitrogens with zero attached hydrogens (tertiary/aromatic N) is 6.